The summed E-state index contributed by atoms with van der Waals surface area (Å²) in [5.41, 5.74) is -9.94. The summed E-state index contributed by atoms with van der Waals surface area (Å²) < 4.78 is 96.3. The van der Waals surface area contributed by atoms with E-state index < -0.39 is 33.2 Å². The Balaban J connectivity index is -0.0000000480. The summed E-state index contributed by atoms with van der Waals surface area (Å²) in [5.74, 6) is 0. The van der Waals surface area contributed by atoms with Crippen molar-refractivity contribution in [2.24, 2.45) is 0 Å². The van der Waals surface area contributed by atoms with Gasteiger partial charge in [0, 0.05) is 19.5 Å². The minimum absolute atomic E-state index is 0. The van der Waals surface area contributed by atoms with Crippen molar-refractivity contribution in [3.05, 3.63) is 0 Å². The van der Waals surface area contributed by atoms with Crippen LogP contribution in [0.25, 0.3) is 0 Å². The Bertz CT molecular complexity index is 204. The third-order valence-corrected chi connectivity index (χ3v) is 1.19. The molecule has 0 spiro atoms. The van der Waals surface area contributed by atoms with Crippen molar-refractivity contribution >= 4 is 22.2 Å². The molecular weight excluding hydrogens is 364 g/mol. The van der Waals surface area contributed by atoms with Gasteiger partial charge in [0.05, 0.1) is 0 Å². The van der Waals surface area contributed by atoms with Gasteiger partial charge in [-0.25, -0.2) is 8.42 Å². The Morgan fingerprint density at radius 2 is 0.765 bits per heavy atom. The monoisotopic (exact) mass is 368 g/mol. The van der Waals surface area contributed by atoms with Gasteiger partial charge in [-0.15, -0.1) is 0 Å². The first kappa shape index (κ1) is 30.4. The van der Waals surface area contributed by atoms with E-state index in [1.807, 2.05) is 0 Å². The van der Waals surface area contributed by atoms with Crippen molar-refractivity contribution in [2.75, 3.05) is 0 Å². The van der Waals surface area contributed by atoms with E-state index in [1.54, 1.807) is 0 Å². The van der Waals surface area contributed by atoms with Gasteiger partial charge in [-0.1, -0.05) is 0 Å². The summed E-state index contributed by atoms with van der Waals surface area (Å²) in [7, 11) is 0. The normalized spacial score (nSPS) is 13.6. The van der Waals surface area contributed by atoms with E-state index in [4.69, 9.17) is 17.5 Å². The molecule has 2 atom stereocenters. The van der Waals surface area contributed by atoms with Crippen LogP contribution in [0.4, 0.5) is 26.3 Å². The molecule has 17 heavy (non-hydrogen) atoms. The molecule has 0 aliphatic heterocycles. The Labute approximate surface area is 108 Å². The van der Waals surface area contributed by atoms with Gasteiger partial charge < -0.3 is 11.0 Å². The first-order valence-corrected chi connectivity index (χ1v) is 4.45. The van der Waals surface area contributed by atoms with Crippen molar-refractivity contribution in [3.8, 4) is 0 Å². The molecule has 0 heterocycles. The minimum Gasteiger partial charge on any atom is -0.412 e. The molecule has 0 saturated carbocycles. The van der Waals surface area contributed by atoms with E-state index in [2.05, 4.69) is 0 Å². The van der Waals surface area contributed by atoms with Gasteiger partial charge in [-0.05, 0) is 0 Å². The fourth-order valence-electron chi connectivity index (χ4n) is 0. The molecule has 0 aliphatic carbocycles. The summed E-state index contributed by atoms with van der Waals surface area (Å²) >= 11 is -7.37. The van der Waals surface area contributed by atoms with Crippen LogP contribution in [0.1, 0.15) is 0 Å². The number of hydrogen-bond acceptors (Lipinski definition) is 2. The topological polar surface area (TPSA) is 138 Å². The van der Waals surface area contributed by atoms with Crippen LogP contribution in [0.5, 0.6) is 0 Å². The van der Waals surface area contributed by atoms with Crippen LogP contribution in [0.2, 0.25) is 0 Å². The smallest absolute Gasteiger partial charge is 0.412 e. The molecule has 2 unspecified atom stereocenters. The summed E-state index contributed by atoms with van der Waals surface area (Å²) in [6.07, 6.45) is 0. The predicted molar refractivity (Wildman–Crippen MR) is 40.9 cm³/mol. The van der Waals surface area contributed by atoms with Gasteiger partial charge in [0.25, 0.3) is 22.2 Å². The predicted octanol–water partition coefficient (Wildman–Crippen LogP) is -0.196. The maximum absolute atomic E-state index is 10.6. The molecule has 0 bridgehead atoms. The molecule has 15 heteroatoms. The van der Waals surface area contributed by atoms with Gasteiger partial charge in [0.1, 0.15) is 0 Å². The van der Waals surface area contributed by atoms with Crippen molar-refractivity contribution in [1.82, 2.24) is 0 Å². The Kier molecular flexibility index (Phi) is 20.5. The second kappa shape index (κ2) is 11.4. The van der Waals surface area contributed by atoms with Crippen molar-refractivity contribution in [1.29, 1.82) is 0 Å². The first-order valence-electron chi connectivity index (χ1n) is 2.24. The van der Waals surface area contributed by atoms with Crippen LogP contribution >= 0.6 is 0 Å². The summed E-state index contributed by atoms with van der Waals surface area (Å²) in [6.45, 7) is 0. The summed E-state index contributed by atoms with van der Waals surface area (Å²) in [5, 5.41) is 0. The van der Waals surface area contributed by atoms with Crippen LogP contribution < -0.4 is 0 Å². The second-order valence-electron chi connectivity index (χ2n) is 1.39. The molecule has 0 rings (SSSR count). The maximum Gasteiger partial charge on any atom is 0.496 e. The number of hydrogen-bond donors (Lipinski definition) is 2. The first-order chi connectivity index (χ1) is 5.89. The zero-order valence-electron chi connectivity index (χ0n) is 7.50. The summed E-state index contributed by atoms with van der Waals surface area (Å²) in [4.78, 5) is 0. The molecule has 0 amide bonds. The molecule has 106 valence electrons. The second-order valence-corrected chi connectivity index (χ2v) is 3.31. The van der Waals surface area contributed by atoms with Gasteiger partial charge in [0.2, 0.25) is 0 Å². The molecule has 0 aromatic rings. The molecule has 0 aromatic heterocycles. The summed E-state index contributed by atoms with van der Waals surface area (Å²) in [6, 6.07) is 0. The largest absolute Gasteiger partial charge is 0.496 e. The molecule has 0 aliphatic rings. The zero-order chi connectivity index (χ0) is 12.2. The third-order valence-electron chi connectivity index (χ3n) is 0.396. The van der Waals surface area contributed by atoms with Gasteiger partial charge in [-0.2, -0.15) is 26.3 Å². The van der Waals surface area contributed by atoms with E-state index in [0.717, 1.165) is 0 Å². The van der Waals surface area contributed by atoms with E-state index >= 15 is 0 Å². The average Bonchev–Trinajstić information content (AvgIpc) is 1.83. The van der Waals surface area contributed by atoms with Crippen molar-refractivity contribution in [3.63, 3.8) is 0 Å². The van der Waals surface area contributed by atoms with E-state index in [-0.39, 0.29) is 30.4 Å². The molecular formula is C2H6F6O6S2Zn. The number of halogens is 6. The number of alkyl halides is 6. The van der Waals surface area contributed by atoms with Crippen molar-refractivity contribution in [2.45, 2.75) is 11.0 Å². The third kappa shape index (κ3) is 22.1. The Morgan fingerprint density at radius 3 is 0.765 bits per heavy atom. The zero-order valence-corrected chi connectivity index (χ0v) is 12.1. The molecule has 0 radical (unpaired) electrons. The van der Waals surface area contributed by atoms with Crippen LogP contribution in [0.3, 0.4) is 0 Å². The van der Waals surface area contributed by atoms with Crippen LogP contribution in [-0.2, 0) is 41.6 Å². The SMILES string of the molecule is O.O.O=S(O)C(F)(F)F.O=S(O)C(F)(F)F.[Zn]. The Hall–Kier alpha value is 0.343. The average molecular weight is 370 g/mol. The Morgan fingerprint density at radius 1 is 0.706 bits per heavy atom. The van der Waals surface area contributed by atoms with Crippen molar-refractivity contribution < 1.29 is 74.3 Å². The van der Waals surface area contributed by atoms with E-state index in [9.17, 15) is 26.3 Å². The van der Waals surface area contributed by atoms with Crippen LogP contribution in [-0.4, -0.2) is 39.5 Å². The molecule has 0 fully saturated rings. The maximum atomic E-state index is 10.6. The quantitative estimate of drug-likeness (QED) is 0.347. The molecule has 0 saturated heterocycles. The molecule has 6 nitrogen and oxygen atoms in total. The van der Waals surface area contributed by atoms with Crippen LogP contribution in [0, 0.1) is 0 Å². The van der Waals surface area contributed by atoms with Crippen LogP contribution in [0.15, 0.2) is 0 Å². The van der Waals surface area contributed by atoms with E-state index in [0.29, 0.717) is 0 Å². The minimum atomic E-state index is -4.97. The molecule has 0 aromatic carbocycles. The van der Waals surface area contributed by atoms with Gasteiger partial charge >= 0.3 is 11.0 Å². The fourth-order valence-corrected chi connectivity index (χ4v) is 0. The number of rotatable bonds is 0. The van der Waals surface area contributed by atoms with Gasteiger partial charge in [0.15, 0.2) is 0 Å². The van der Waals surface area contributed by atoms with E-state index in [1.165, 1.54) is 0 Å². The van der Waals surface area contributed by atoms with Gasteiger partial charge in [-0.3, -0.25) is 9.11 Å². The molecule has 6 N–H and O–H groups in total. The fraction of sp³-hybridized carbons (Fsp3) is 1.00. The standard InChI is InChI=1S/2CHF3O2S.2H2O.Zn/c2*2-1(3,4)7(5)6;;;/h2*(H,5,6);2*1H2;.